The highest BCUT2D eigenvalue weighted by molar-refractivity contribution is 5.46. The molecule has 0 bridgehead atoms. The fourth-order valence-corrected chi connectivity index (χ4v) is 4.66. The number of fused-ring (bicyclic) bond motifs is 1. The van der Waals surface area contributed by atoms with E-state index < -0.39 is 0 Å². The quantitative estimate of drug-likeness (QED) is 0.838. The number of hydrogen-bond acceptors (Lipinski definition) is 2. The molecule has 1 spiro atoms. The minimum atomic E-state index is 0.384. The Kier molecular flexibility index (Phi) is 3.95. The molecule has 0 aromatic heterocycles. The predicted octanol–water partition coefficient (Wildman–Crippen LogP) is 3.84. The van der Waals surface area contributed by atoms with Gasteiger partial charge in [0.2, 0.25) is 0 Å². The first kappa shape index (κ1) is 15.2. The van der Waals surface area contributed by atoms with E-state index in [-0.39, 0.29) is 0 Å². The maximum Gasteiger partial charge on any atom is 0.0571 e. The van der Waals surface area contributed by atoms with Crippen LogP contribution in [0.4, 0.5) is 0 Å². The van der Waals surface area contributed by atoms with Crippen molar-refractivity contribution in [3.05, 3.63) is 34.9 Å². The summed E-state index contributed by atoms with van der Waals surface area (Å²) in [5, 5.41) is 3.63. The Morgan fingerprint density at radius 3 is 2.61 bits per heavy atom. The number of benzene rings is 1. The summed E-state index contributed by atoms with van der Waals surface area (Å²) in [4.78, 5) is 0. The molecule has 2 fully saturated rings. The lowest BCUT2D eigenvalue weighted by molar-refractivity contribution is 0.0166. The van der Waals surface area contributed by atoms with Crippen LogP contribution in [0.15, 0.2) is 18.2 Å². The van der Waals surface area contributed by atoms with Gasteiger partial charge in [-0.25, -0.2) is 0 Å². The Hall–Kier alpha value is -1.30. The van der Waals surface area contributed by atoms with Crippen LogP contribution in [-0.2, 0) is 11.2 Å². The van der Waals surface area contributed by atoms with E-state index in [0.29, 0.717) is 23.5 Å². The molecule has 2 saturated carbocycles. The summed E-state index contributed by atoms with van der Waals surface area (Å²) in [5.41, 5.74) is 4.59. The van der Waals surface area contributed by atoms with Crippen LogP contribution in [-0.4, -0.2) is 20.3 Å². The molecular formula is C21H27NO. The second-order valence-corrected chi connectivity index (χ2v) is 7.65. The van der Waals surface area contributed by atoms with Crippen LogP contribution in [0.1, 0.15) is 61.3 Å². The molecule has 23 heavy (non-hydrogen) atoms. The molecule has 2 nitrogen and oxygen atoms in total. The molecule has 1 aromatic carbocycles. The van der Waals surface area contributed by atoms with E-state index in [4.69, 9.17) is 4.74 Å². The predicted molar refractivity (Wildman–Crippen MR) is 93.2 cm³/mol. The third kappa shape index (κ3) is 2.82. The molecule has 0 radical (unpaired) electrons. The summed E-state index contributed by atoms with van der Waals surface area (Å²) in [6, 6.07) is 7.37. The number of methoxy groups -OCH3 is 1. The van der Waals surface area contributed by atoms with Crippen LogP contribution in [0.2, 0.25) is 0 Å². The van der Waals surface area contributed by atoms with Gasteiger partial charge in [-0.15, -0.1) is 0 Å². The second-order valence-electron chi connectivity index (χ2n) is 7.65. The van der Waals surface area contributed by atoms with E-state index in [9.17, 15) is 0 Å². The lowest BCUT2D eigenvalue weighted by Crippen LogP contribution is -2.38. The number of rotatable bonds is 2. The Balaban J connectivity index is 1.60. The van der Waals surface area contributed by atoms with E-state index >= 15 is 0 Å². The van der Waals surface area contributed by atoms with Gasteiger partial charge < -0.3 is 10.1 Å². The van der Waals surface area contributed by atoms with Gasteiger partial charge in [0.05, 0.1) is 6.10 Å². The zero-order chi connectivity index (χ0) is 15.9. The Labute approximate surface area is 140 Å². The van der Waals surface area contributed by atoms with Gasteiger partial charge in [0, 0.05) is 24.6 Å². The van der Waals surface area contributed by atoms with Gasteiger partial charge >= 0.3 is 0 Å². The van der Waals surface area contributed by atoms with Gasteiger partial charge in [0.1, 0.15) is 0 Å². The van der Waals surface area contributed by atoms with Crippen molar-refractivity contribution in [2.45, 2.75) is 57.1 Å². The number of ether oxygens (including phenoxy) is 1. The Morgan fingerprint density at radius 1 is 1.17 bits per heavy atom. The molecule has 3 aliphatic rings. The molecule has 1 aromatic rings. The summed E-state index contributed by atoms with van der Waals surface area (Å²) >= 11 is 0. The summed E-state index contributed by atoms with van der Waals surface area (Å²) in [5.74, 6) is 7.45. The molecule has 0 amide bonds. The van der Waals surface area contributed by atoms with Crippen LogP contribution < -0.4 is 5.32 Å². The third-order valence-electron chi connectivity index (χ3n) is 6.16. The van der Waals surface area contributed by atoms with Gasteiger partial charge in [-0.05, 0) is 80.7 Å². The van der Waals surface area contributed by atoms with Gasteiger partial charge in [0.15, 0.2) is 0 Å². The molecule has 2 heteroatoms. The molecule has 0 aliphatic heterocycles. The minimum absolute atomic E-state index is 0.384. The van der Waals surface area contributed by atoms with Crippen molar-refractivity contribution in [2.75, 3.05) is 14.2 Å². The highest BCUT2D eigenvalue weighted by atomic mass is 16.5. The van der Waals surface area contributed by atoms with Crippen LogP contribution in [0.25, 0.3) is 0 Å². The fraction of sp³-hybridized carbons (Fsp3) is 0.619. The van der Waals surface area contributed by atoms with Gasteiger partial charge in [0.25, 0.3) is 0 Å². The van der Waals surface area contributed by atoms with Crippen LogP contribution in [0, 0.1) is 23.2 Å². The minimum Gasteiger partial charge on any atom is -0.381 e. The SMILES string of the molecule is CNC1c2cc(C#CC3CC3)ccc2CC12CCC(OC)CC2. The van der Waals surface area contributed by atoms with Crippen molar-refractivity contribution in [1.82, 2.24) is 5.32 Å². The van der Waals surface area contributed by atoms with E-state index in [1.165, 1.54) is 61.6 Å². The zero-order valence-electron chi connectivity index (χ0n) is 14.3. The van der Waals surface area contributed by atoms with E-state index in [1.807, 2.05) is 7.11 Å². The van der Waals surface area contributed by atoms with E-state index in [0.717, 1.165) is 0 Å². The normalized spacial score (nSPS) is 32.4. The average molecular weight is 309 g/mol. The molecule has 4 rings (SSSR count). The van der Waals surface area contributed by atoms with Crippen molar-refractivity contribution in [2.24, 2.45) is 11.3 Å². The standard InChI is InChI=1S/C21H27NO/c1-22-20-19-13-16(6-5-15-3-4-15)7-8-17(19)14-21(20)11-9-18(23-2)10-12-21/h7-8,13,15,18,20,22H,3-4,9-12,14H2,1-2H3. The third-order valence-corrected chi connectivity index (χ3v) is 6.16. The monoisotopic (exact) mass is 309 g/mol. The number of nitrogens with one attached hydrogen (secondary N) is 1. The lowest BCUT2D eigenvalue weighted by atomic mass is 9.68. The summed E-state index contributed by atoms with van der Waals surface area (Å²) in [6.45, 7) is 0. The first-order chi connectivity index (χ1) is 11.2. The maximum atomic E-state index is 5.58. The van der Waals surface area contributed by atoms with E-state index in [1.54, 1.807) is 0 Å². The first-order valence-corrected chi connectivity index (χ1v) is 9.08. The summed E-state index contributed by atoms with van der Waals surface area (Å²) in [6.07, 6.45) is 9.15. The highest BCUT2D eigenvalue weighted by Gasteiger charge is 2.47. The lowest BCUT2D eigenvalue weighted by Gasteiger charge is -2.41. The molecule has 3 aliphatic carbocycles. The van der Waals surface area contributed by atoms with Crippen molar-refractivity contribution >= 4 is 0 Å². The second kappa shape index (κ2) is 5.96. The van der Waals surface area contributed by atoms with Gasteiger partial charge in [-0.2, -0.15) is 0 Å². The smallest absolute Gasteiger partial charge is 0.0571 e. The molecular weight excluding hydrogens is 282 g/mol. The maximum absolute atomic E-state index is 5.58. The molecule has 0 heterocycles. The summed E-state index contributed by atoms with van der Waals surface area (Å²) < 4.78 is 5.58. The van der Waals surface area contributed by atoms with Crippen molar-refractivity contribution in [3.8, 4) is 11.8 Å². The topological polar surface area (TPSA) is 21.3 Å². The van der Waals surface area contributed by atoms with Crippen molar-refractivity contribution in [3.63, 3.8) is 0 Å². The largest absolute Gasteiger partial charge is 0.381 e. The fourth-order valence-electron chi connectivity index (χ4n) is 4.66. The van der Waals surface area contributed by atoms with Gasteiger partial charge in [-0.3, -0.25) is 0 Å². The molecule has 1 atom stereocenters. The van der Waals surface area contributed by atoms with E-state index in [2.05, 4.69) is 42.4 Å². The van der Waals surface area contributed by atoms with Crippen molar-refractivity contribution < 1.29 is 4.74 Å². The Bertz CT molecular complexity index is 642. The molecule has 122 valence electrons. The zero-order valence-corrected chi connectivity index (χ0v) is 14.3. The molecule has 1 N–H and O–H groups in total. The molecule has 1 unspecified atom stereocenters. The average Bonchev–Trinajstić information content (AvgIpc) is 3.36. The summed E-state index contributed by atoms with van der Waals surface area (Å²) in [7, 11) is 3.97. The molecule has 0 saturated heterocycles. The first-order valence-electron chi connectivity index (χ1n) is 9.08. The number of hydrogen-bond donors (Lipinski definition) is 1. The van der Waals surface area contributed by atoms with Crippen LogP contribution >= 0.6 is 0 Å². The van der Waals surface area contributed by atoms with Gasteiger partial charge in [-0.1, -0.05) is 17.9 Å². The van der Waals surface area contributed by atoms with Crippen molar-refractivity contribution in [1.29, 1.82) is 0 Å². The Morgan fingerprint density at radius 2 is 1.96 bits per heavy atom. The van der Waals surface area contributed by atoms with Crippen LogP contribution in [0.3, 0.4) is 0 Å². The van der Waals surface area contributed by atoms with Crippen LogP contribution in [0.5, 0.6) is 0 Å². The highest BCUT2D eigenvalue weighted by Crippen LogP contribution is 2.54.